The van der Waals surface area contributed by atoms with Crippen LogP contribution >= 0.6 is 0 Å². The van der Waals surface area contributed by atoms with Crippen LogP contribution in [0.15, 0.2) is 24.3 Å². The van der Waals surface area contributed by atoms with Gasteiger partial charge in [0.25, 0.3) is 0 Å². The van der Waals surface area contributed by atoms with Gasteiger partial charge in [-0.1, -0.05) is 12.1 Å². The number of hydrogen-bond donors (Lipinski definition) is 2. The Bertz CT molecular complexity index is 492. The minimum absolute atomic E-state index is 0.0414. The minimum atomic E-state index is -3.67. The molecule has 1 atom stereocenters. The zero-order chi connectivity index (χ0) is 12.3. The summed E-state index contributed by atoms with van der Waals surface area (Å²) in [6, 6.07) is 5.24. The maximum atomic E-state index is 10.8. The van der Waals surface area contributed by atoms with Gasteiger partial charge in [-0.3, -0.25) is 0 Å². The Morgan fingerprint density at radius 1 is 1.44 bits per heavy atom. The first kappa shape index (κ1) is 12.5. The molecule has 0 aliphatic carbocycles. The van der Waals surface area contributed by atoms with E-state index in [4.69, 9.17) is 5.11 Å². The molecule has 0 spiro atoms. The average molecular weight is 246 g/mol. The van der Waals surface area contributed by atoms with Crippen molar-refractivity contribution in [3.05, 3.63) is 29.8 Å². The number of carboxylic acids is 1. The molecule has 7 heteroatoms. The van der Waals surface area contributed by atoms with E-state index in [1.54, 1.807) is 0 Å². The van der Waals surface area contributed by atoms with Gasteiger partial charge >= 0.3 is 16.1 Å². The first-order valence-electron chi connectivity index (χ1n) is 4.20. The van der Waals surface area contributed by atoms with Gasteiger partial charge in [0.1, 0.15) is 5.75 Å². The average Bonchev–Trinajstić information content (AvgIpc) is 2.14. The number of rotatable bonds is 4. The second kappa shape index (κ2) is 4.50. The number of carbonyl (C=O) groups is 1. The van der Waals surface area contributed by atoms with Crippen LogP contribution in [0.25, 0.3) is 0 Å². The fourth-order valence-corrected chi connectivity index (χ4v) is 1.51. The Morgan fingerprint density at radius 3 is 2.56 bits per heavy atom. The molecule has 0 fully saturated rings. The highest BCUT2D eigenvalue weighted by molar-refractivity contribution is 7.86. The number of aliphatic hydroxyl groups is 1. The molecule has 1 rings (SSSR count). The van der Waals surface area contributed by atoms with Gasteiger partial charge in [0.05, 0.1) is 6.26 Å². The van der Waals surface area contributed by atoms with E-state index in [0.29, 0.717) is 0 Å². The Hall–Kier alpha value is -1.60. The molecular formula is C9H10O6S. The Kier molecular flexibility index (Phi) is 3.51. The van der Waals surface area contributed by atoms with Crippen molar-refractivity contribution < 1.29 is 27.6 Å². The highest BCUT2D eigenvalue weighted by Crippen LogP contribution is 2.20. The molecule has 88 valence electrons. The van der Waals surface area contributed by atoms with Crippen molar-refractivity contribution in [2.45, 2.75) is 6.10 Å². The number of aliphatic hydroxyl groups excluding tert-OH is 1. The van der Waals surface area contributed by atoms with E-state index >= 15 is 0 Å². The molecule has 0 saturated heterocycles. The maximum Gasteiger partial charge on any atom is 0.337 e. The van der Waals surface area contributed by atoms with Crippen molar-refractivity contribution in [2.75, 3.05) is 6.26 Å². The van der Waals surface area contributed by atoms with Crippen molar-refractivity contribution in [2.24, 2.45) is 0 Å². The molecular weight excluding hydrogens is 236 g/mol. The van der Waals surface area contributed by atoms with Crippen LogP contribution in [0, 0.1) is 0 Å². The summed E-state index contributed by atoms with van der Waals surface area (Å²) in [5.74, 6) is -1.46. The molecule has 0 aromatic heterocycles. The third-order valence-electron chi connectivity index (χ3n) is 1.66. The third kappa shape index (κ3) is 3.52. The number of carboxylic acid groups (broad SMARTS) is 1. The molecule has 0 saturated carbocycles. The first-order chi connectivity index (χ1) is 7.29. The summed E-state index contributed by atoms with van der Waals surface area (Å²) < 4.78 is 26.2. The van der Waals surface area contributed by atoms with E-state index in [1.165, 1.54) is 18.2 Å². The van der Waals surface area contributed by atoms with E-state index < -0.39 is 22.2 Å². The van der Waals surface area contributed by atoms with Crippen LogP contribution < -0.4 is 4.18 Å². The molecule has 1 aromatic carbocycles. The standard InChI is InChI=1S/C9H10O6S/c1-16(13,14)15-7-4-2-3-6(5-7)8(10)9(11)12/h2-5,8,10H,1H3,(H,11,12). The zero-order valence-electron chi connectivity index (χ0n) is 8.32. The van der Waals surface area contributed by atoms with Crippen molar-refractivity contribution in [1.29, 1.82) is 0 Å². The second-order valence-electron chi connectivity index (χ2n) is 3.10. The normalized spacial score (nSPS) is 13.1. The van der Waals surface area contributed by atoms with E-state index in [1.807, 2.05) is 0 Å². The summed E-state index contributed by atoms with van der Waals surface area (Å²) in [6.07, 6.45) is -0.837. The van der Waals surface area contributed by atoms with Crippen molar-refractivity contribution >= 4 is 16.1 Å². The molecule has 1 aromatic rings. The summed E-state index contributed by atoms with van der Waals surface area (Å²) in [6.45, 7) is 0. The van der Waals surface area contributed by atoms with Crippen LogP contribution in [-0.2, 0) is 14.9 Å². The Morgan fingerprint density at radius 2 is 2.06 bits per heavy atom. The van der Waals surface area contributed by atoms with Crippen molar-refractivity contribution in [1.82, 2.24) is 0 Å². The largest absolute Gasteiger partial charge is 0.479 e. The lowest BCUT2D eigenvalue weighted by Gasteiger charge is -2.08. The summed E-state index contributed by atoms with van der Waals surface area (Å²) in [7, 11) is -3.67. The van der Waals surface area contributed by atoms with Crippen LogP contribution in [0.3, 0.4) is 0 Å². The summed E-state index contributed by atoms with van der Waals surface area (Å²) in [5.41, 5.74) is 0.0497. The van der Waals surface area contributed by atoms with E-state index in [2.05, 4.69) is 4.18 Å². The molecule has 0 radical (unpaired) electrons. The van der Waals surface area contributed by atoms with Crippen LogP contribution in [0.1, 0.15) is 11.7 Å². The molecule has 16 heavy (non-hydrogen) atoms. The van der Waals surface area contributed by atoms with Gasteiger partial charge in [-0.05, 0) is 17.7 Å². The summed E-state index contributed by atoms with van der Waals surface area (Å²) in [5, 5.41) is 17.8. The van der Waals surface area contributed by atoms with Crippen LogP contribution in [-0.4, -0.2) is 30.9 Å². The lowest BCUT2D eigenvalue weighted by molar-refractivity contribution is -0.146. The summed E-state index contributed by atoms with van der Waals surface area (Å²) >= 11 is 0. The monoisotopic (exact) mass is 246 g/mol. The highest BCUT2D eigenvalue weighted by Gasteiger charge is 2.16. The van der Waals surface area contributed by atoms with E-state index in [-0.39, 0.29) is 11.3 Å². The van der Waals surface area contributed by atoms with Gasteiger partial charge in [0, 0.05) is 0 Å². The molecule has 0 heterocycles. The minimum Gasteiger partial charge on any atom is -0.479 e. The van der Waals surface area contributed by atoms with Gasteiger partial charge in [-0.15, -0.1) is 0 Å². The second-order valence-corrected chi connectivity index (χ2v) is 4.68. The van der Waals surface area contributed by atoms with Gasteiger partial charge in [0.15, 0.2) is 6.10 Å². The quantitative estimate of drug-likeness (QED) is 0.733. The van der Waals surface area contributed by atoms with Crippen LogP contribution in [0.4, 0.5) is 0 Å². The molecule has 0 aliphatic heterocycles. The van der Waals surface area contributed by atoms with Gasteiger partial charge < -0.3 is 14.4 Å². The Balaban J connectivity index is 3.00. The van der Waals surface area contributed by atoms with Gasteiger partial charge in [-0.25, -0.2) is 4.79 Å². The van der Waals surface area contributed by atoms with Gasteiger partial charge in [-0.2, -0.15) is 8.42 Å². The fourth-order valence-electron chi connectivity index (χ4n) is 1.05. The predicted octanol–water partition coefficient (Wildman–Crippen LogP) is 0.143. The number of hydrogen-bond acceptors (Lipinski definition) is 5. The van der Waals surface area contributed by atoms with E-state index in [0.717, 1.165) is 12.3 Å². The number of aliphatic carboxylic acids is 1. The van der Waals surface area contributed by atoms with Crippen molar-refractivity contribution in [3.63, 3.8) is 0 Å². The first-order valence-corrected chi connectivity index (χ1v) is 6.01. The summed E-state index contributed by atoms with van der Waals surface area (Å²) in [4.78, 5) is 10.5. The lowest BCUT2D eigenvalue weighted by Crippen LogP contribution is -2.11. The third-order valence-corrected chi connectivity index (χ3v) is 2.15. The van der Waals surface area contributed by atoms with Crippen LogP contribution in [0.5, 0.6) is 5.75 Å². The Labute approximate surface area is 92.2 Å². The molecule has 0 bridgehead atoms. The SMILES string of the molecule is CS(=O)(=O)Oc1cccc(C(O)C(=O)O)c1. The number of benzene rings is 1. The van der Waals surface area contributed by atoms with Gasteiger partial charge in [0.2, 0.25) is 0 Å². The lowest BCUT2D eigenvalue weighted by atomic mass is 10.1. The molecule has 6 nitrogen and oxygen atoms in total. The molecule has 0 amide bonds. The van der Waals surface area contributed by atoms with Crippen LogP contribution in [0.2, 0.25) is 0 Å². The molecule has 0 aliphatic rings. The zero-order valence-corrected chi connectivity index (χ0v) is 9.14. The predicted molar refractivity (Wildman–Crippen MR) is 54.5 cm³/mol. The fraction of sp³-hybridized carbons (Fsp3) is 0.222. The maximum absolute atomic E-state index is 10.8. The molecule has 1 unspecified atom stereocenters. The smallest absolute Gasteiger partial charge is 0.337 e. The highest BCUT2D eigenvalue weighted by atomic mass is 32.2. The molecule has 2 N–H and O–H groups in total. The van der Waals surface area contributed by atoms with E-state index in [9.17, 15) is 18.3 Å². The van der Waals surface area contributed by atoms with Crippen molar-refractivity contribution in [3.8, 4) is 5.75 Å². The topological polar surface area (TPSA) is 101 Å².